The number of rotatable bonds is 3. The van der Waals surface area contributed by atoms with Crippen LogP contribution in [0.4, 0.5) is 14.5 Å². The van der Waals surface area contributed by atoms with E-state index in [9.17, 15) is 13.6 Å². The van der Waals surface area contributed by atoms with Gasteiger partial charge >= 0.3 is 0 Å². The molecule has 21 heavy (non-hydrogen) atoms. The maximum atomic E-state index is 13.1. The lowest BCUT2D eigenvalue weighted by molar-refractivity contribution is -0.124. The van der Waals surface area contributed by atoms with Crippen molar-refractivity contribution in [1.29, 1.82) is 0 Å². The summed E-state index contributed by atoms with van der Waals surface area (Å²) in [5.74, 6) is -3.30. The van der Waals surface area contributed by atoms with Gasteiger partial charge in [-0.05, 0) is 31.0 Å². The number of halogens is 3. The highest BCUT2D eigenvalue weighted by molar-refractivity contribution is 9.10. The van der Waals surface area contributed by atoms with Gasteiger partial charge in [0.1, 0.15) is 4.99 Å². The summed E-state index contributed by atoms with van der Waals surface area (Å²) in [5.41, 5.74) is 6.69. The zero-order chi connectivity index (χ0) is 15.6. The van der Waals surface area contributed by atoms with Crippen LogP contribution >= 0.6 is 28.1 Å². The molecule has 0 aliphatic heterocycles. The molecule has 1 aliphatic carbocycles. The largest absolute Gasteiger partial charge is 0.389 e. The van der Waals surface area contributed by atoms with Gasteiger partial charge in [-0.3, -0.25) is 4.79 Å². The minimum atomic E-state index is -2.64. The first-order valence-corrected chi connectivity index (χ1v) is 7.77. The summed E-state index contributed by atoms with van der Waals surface area (Å²) in [7, 11) is 0. The molecule has 2 rings (SSSR count). The number of thiocarbonyl (C=S) groups is 1. The van der Waals surface area contributed by atoms with Crippen LogP contribution in [0, 0.1) is 5.92 Å². The second kappa shape index (κ2) is 6.36. The third kappa shape index (κ3) is 4.20. The first kappa shape index (κ1) is 16.3. The van der Waals surface area contributed by atoms with Crippen LogP contribution in [0.2, 0.25) is 0 Å². The van der Waals surface area contributed by atoms with E-state index < -0.39 is 11.8 Å². The molecule has 0 spiro atoms. The summed E-state index contributed by atoms with van der Waals surface area (Å²) >= 11 is 8.26. The van der Waals surface area contributed by atoms with Gasteiger partial charge in [-0.25, -0.2) is 8.78 Å². The third-order valence-electron chi connectivity index (χ3n) is 3.59. The lowest BCUT2D eigenvalue weighted by atomic mass is 9.86. The molecule has 1 fully saturated rings. The summed E-state index contributed by atoms with van der Waals surface area (Å²) in [4.78, 5) is 12.4. The van der Waals surface area contributed by atoms with E-state index in [1.165, 1.54) is 0 Å². The third-order valence-corrected chi connectivity index (χ3v) is 4.31. The average molecular weight is 377 g/mol. The fourth-order valence-corrected chi connectivity index (χ4v) is 2.90. The van der Waals surface area contributed by atoms with Crippen molar-refractivity contribution in [2.45, 2.75) is 31.6 Å². The Morgan fingerprint density at radius 2 is 2.00 bits per heavy atom. The van der Waals surface area contributed by atoms with Crippen molar-refractivity contribution < 1.29 is 13.6 Å². The van der Waals surface area contributed by atoms with E-state index in [0.29, 0.717) is 11.3 Å². The molecule has 0 radical (unpaired) electrons. The fourth-order valence-electron chi connectivity index (χ4n) is 2.37. The molecule has 0 saturated heterocycles. The second-order valence-corrected chi connectivity index (χ2v) is 6.53. The minimum Gasteiger partial charge on any atom is -0.389 e. The highest BCUT2D eigenvalue weighted by Gasteiger charge is 2.37. The van der Waals surface area contributed by atoms with Crippen molar-refractivity contribution in [2.75, 3.05) is 5.32 Å². The molecule has 114 valence electrons. The summed E-state index contributed by atoms with van der Waals surface area (Å²) in [6.45, 7) is 0. The number of amides is 1. The normalized spacial score (nSPS) is 18.2. The first-order valence-electron chi connectivity index (χ1n) is 6.56. The fraction of sp³-hybridized carbons (Fsp3) is 0.429. The van der Waals surface area contributed by atoms with Crippen molar-refractivity contribution in [3.05, 3.63) is 28.2 Å². The Labute approximate surface area is 135 Å². The Hall–Kier alpha value is -1.08. The molecule has 1 aromatic carbocycles. The lowest BCUT2D eigenvalue weighted by Crippen LogP contribution is -2.32. The van der Waals surface area contributed by atoms with Gasteiger partial charge in [0, 0.05) is 28.8 Å². The highest BCUT2D eigenvalue weighted by atomic mass is 79.9. The number of nitrogens with one attached hydrogen (secondary N) is 1. The predicted octanol–water partition coefficient (Wildman–Crippen LogP) is 3.85. The molecular formula is C14H15BrF2N2OS. The Morgan fingerprint density at radius 3 is 2.57 bits per heavy atom. The molecular weight excluding hydrogens is 362 g/mol. The molecule has 0 aromatic heterocycles. The van der Waals surface area contributed by atoms with Crippen molar-refractivity contribution in [2.24, 2.45) is 11.7 Å². The minimum absolute atomic E-state index is 0.168. The topological polar surface area (TPSA) is 55.1 Å². The number of benzene rings is 1. The van der Waals surface area contributed by atoms with Crippen LogP contribution in [0.1, 0.15) is 31.2 Å². The van der Waals surface area contributed by atoms with Gasteiger partial charge in [0.15, 0.2) is 0 Å². The van der Waals surface area contributed by atoms with E-state index in [1.54, 1.807) is 18.2 Å². The van der Waals surface area contributed by atoms with Gasteiger partial charge in [-0.1, -0.05) is 28.1 Å². The van der Waals surface area contributed by atoms with Gasteiger partial charge in [0.05, 0.1) is 5.69 Å². The van der Waals surface area contributed by atoms with Crippen LogP contribution < -0.4 is 11.1 Å². The molecule has 0 unspecified atom stereocenters. The van der Waals surface area contributed by atoms with Crippen LogP contribution in [0.5, 0.6) is 0 Å². The Kier molecular flexibility index (Phi) is 4.93. The summed E-state index contributed by atoms with van der Waals surface area (Å²) < 4.78 is 27.0. The number of hydrogen-bond acceptors (Lipinski definition) is 2. The van der Waals surface area contributed by atoms with Crippen LogP contribution in [-0.2, 0) is 4.79 Å². The van der Waals surface area contributed by atoms with Gasteiger partial charge in [-0.15, -0.1) is 0 Å². The molecule has 0 atom stereocenters. The lowest BCUT2D eigenvalue weighted by Gasteiger charge is -2.27. The summed E-state index contributed by atoms with van der Waals surface area (Å²) in [5, 5.41) is 2.74. The zero-order valence-corrected chi connectivity index (χ0v) is 13.6. The monoisotopic (exact) mass is 376 g/mol. The second-order valence-electron chi connectivity index (χ2n) is 5.17. The van der Waals surface area contributed by atoms with E-state index in [0.717, 1.165) is 4.47 Å². The van der Waals surface area contributed by atoms with Crippen LogP contribution in [-0.4, -0.2) is 16.8 Å². The van der Waals surface area contributed by atoms with Crippen LogP contribution in [0.3, 0.4) is 0 Å². The molecule has 7 heteroatoms. The maximum absolute atomic E-state index is 13.1. The standard InChI is InChI=1S/C14H15BrF2N2OS/c15-9-1-2-11(10(7-9)12(18)21)19-13(20)8-3-5-14(16,17)6-4-8/h1-2,7-8H,3-6H2,(H2,18,21)(H,19,20). The molecule has 1 aliphatic rings. The van der Waals surface area contributed by atoms with Crippen LogP contribution in [0.25, 0.3) is 0 Å². The van der Waals surface area contributed by atoms with E-state index in [-0.39, 0.29) is 36.6 Å². The number of anilines is 1. The van der Waals surface area contributed by atoms with Crippen molar-refractivity contribution >= 4 is 44.7 Å². The zero-order valence-electron chi connectivity index (χ0n) is 11.2. The molecule has 1 amide bonds. The molecule has 3 N–H and O–H groups in total. The quantitative estimate of drug-likeness (QED) is 0.787. The average Bonchev–Trinajstić information content (AvgIpc) is 2.40. The Balaban J connectivity index is 2.08. The smallest absolute Gasteiger partial charge is 0.248 e. The van der Waals surface area contributed by atoms with E-state index >= 15 is 0 Å². The van der Waals surface area contributed by atoms with E-state index in [1.807, 2.05) is 0 Å². The number of carbonyl (C=O) groups excluding carboxylic acids is 1. The molecule has 1 aromatic rings. The van der Waals surface area contributed by atoms with Crippen LogP contribution in [0.15, 0.2) is 22.7 Å². The first-order chi connectivity index (χ1) is 9.78. The SMILES string of the molecule is NC(=S)c1cc(Br)ccc1NC(=O)C1CCC(F)(F)CC1. The molecule has 3 nitrogen and oxygen atoms in total. The molecule has 1 saturated carbocycles. The summed E-state index contributed by atoms with van der Waals surface area (Å²) in [6, 6.07) is 5.16. The van der Waals surface area contributed by atoms with Gasteiger partial charge in [-0.2, -0.15) is 0 Å². The highest BCUT2D eigenvalue weighted by Crippen LogP contribution is 2.36. The number of hydrogen-bond donors (Lipinski definition) is 2. The number of carbonyl (C=O) groups is 1. The Morgan fingerprint density at radius 1 is 1.38 bits per heavy atom. The number of alkyl halides is 2. The summed E-state index contributed by atoms with van der Waals surface area (Å²) in [6.07, 6.45) is -0.100. The van der Waals surface area contributed by atoms with E-state index in [4.69, 9.17) is 18.0 Å². The predicted molar refractivity (Wildman–Crippen MR) is 85.6 cm³/mol. The van der Waals surface area contributed by atoms with Gasteiger partial charge in [0.2, 0.25) is 11.8 Å². The number of nitrogens with two attached hydrogens (primary N) is 1. The molecule has 0 bridgehead atoms. The van der Waals surface area contributed by atoms with Gasteiger partial charge < -0.3 is 11.1 Å². The maximum Gasteiger partial charge on any atom is 0.248 e. The van der Waals surface area contributed by atoms with E-state index in [2.05, 4.69) is 21.2 Å². The van der Waals surface area contributed by atoms with Crippen molar-refractivity contribution in [3.8, 4) is 0 Å². The van der Waals surface area contributed by atoms with Crippen molar-refractivity contribution in [1.82, 2.24) is 0 Å². The Bertz CT molecular complexity index is 570. The van der Waals surface area contributed by atoms with Gasteiger partial charge in [0.25, 0.3) is 0 Å². The van der Waals surface area contributed by atoms with Crippen molar-refractivity contribution in [3.63, 3.8) is 0 Å². The molecule has 0 heterocycles.